The van der Waals surface area contributed by atoms with E-state index in [1.807, 2.05) is 0 Å². The quantitative estimate of drug-likeness (QED) is 0.759. The monoisotopic (exact) mass is 415 g/mol. The van der Waals surface area contributed by atoms with Crippen molar-refractivity contribution in [3.05, 3.63) is 63.1 Å². The van der Waals surface area contributed by atoms with Crippen molar-refractivity contribution < 1.29 is 13.2 Å². The molecular formula is C16H15BrClNO3S. The molecule has 0 aliphatic carbocycles. The summed E-state index contributed by atoms with van der Waals surface area (Å²) >= 11 is 9.49. The molecule has 0 radical (unpaired) electrons. The Balaban J connectivity index is 2.31. The van der Waals surface area contributed by atoms with Crippen LogP contribution >= 0.6 is 27.5 Å². The number of amides is 1. The van der Waals surface area contributed by atoms with E-state index in [0.29, 0.717) is 21.8 Å². The van der Waals surface area contributed by atoms with Crippen molar-refractivity contribution in [2.24, 2.45) is 0 Å². The summed E-state index contributed by atoms with van der Waals surface area (Å²) in [5.41, 5.74) is 1.56. The molecule has 122 valence electrons. The first-order valence-corrected chi connectivity index (χ1v) is 9.90. The maximum atomic E-state index is 12.6. The van der Waals surface area contributed by atoms with Gasteiger partial charge in [-0.05, 0) is 35.9 Å². The summed E-state index contributed by atoms with van der Waals surface area (Å²) in [6.45, 7) is 0. The Labute approximate surface area is 149 Å². The molecule has 0 aliphatic rings. The summed E-state index contributed by atoms with van der Waals surface area (Å²) in [5, 5.41) is 0.447. The summed E-state index contributed by atoms with van der Waals surface area (Å²) in [6.07, 6.45) is 1.16. The van der Waals surface area contributed by atoms with Crippen LogP contribution in [0.25, 0.3) is 0 Å². The lowest BCUT2D eigenvalue weighted by Gasteiger charge is -2.19. The SMILES string of the molecule is CN(C(=O)c1cccc(CS(C)(=O)=O)c1)c1ccc(Br)cc1Cl. The molecule has 0 fully saturated rings. The number of anilines is 1. The van der Waals surface area contributed by atoms with E-state index in [0.717, 1.165) is 10.7 Å². The van der Waals surface area contributed by atoms with Crippen molar-refractivity contribution in [1.29, 1.82) is 0 Å². The number of sulfone groups is 1. The summed E-state index contributed by atoms with van der Waals surface area (Å²) in [7, 11) is -1.53. The van der Waals surface area contributed by atoms with Gasteiger partial charge in [0.1, 0.15) is 0 Å². The van der Waals surface area contributed by atoms with E-state index >= 15 is 0 Å². The second-order valence-electron chi connectivity index (χ2n) is 5.23. The number of hydrogen-bond acceptors (Lipinski definition) is 3. The molecule has 7 heteroatoms. The lowest BCUT2D eigenvalue weighted by molar-refractivity contribution is 0.0993. The van der Waals surface area contributed by atoms with E-state index in [1.54, 1.807) is 49.5 Å². The zero-order valence-electron chi connectivity index (χ0n) is 12.6. The van der Waals surface area contributed by atoms with Gasteiger partial charge in [0.05, 0.1) is 16.5 Å². The smallest absolute Gasteiger partial charge is 0.258 e. The average Bonchev–Trinajstić information content (AvgIpc) is 2.44. The summed E-state index contributed by atoms with van der Waals surface area (Å²) < 4.78 is 23.6. The zero-order valence-corrected chi connectivity index (χ0v) is 15.7. The molecule has 4 nitrogen and oxygen atoms in total. The van der Waals surface area contributed by atoms with Crippen LogP contribution in [-0.4, -0.2) is 27.6 Å². The number of nitrogens with zero attached hydrogens (tertiary/aromatic N) is 1. The van der Waals surface area contributed by atoms with E-state index in [-0.39, 0.29) is 11.7 Å². The maximum Gasteiger partial charge on any atom is 0.258 e. The van der Waals surface area contributed by atoms with E-state index in [9.17, 15) is 13.2 Å². The lowest BCUT2D eigenvalue weighted by atomic mass is 10.1. The van der Waals surface area contributed by atoms with Gasteiger partial charge in [0.25, 0.3) is 5.91 Å². The van der Waals surface area contributed by atoms with E-state index in [1.165, 1.54) is 4.90 Å². The van der Waals surface area contributed by atoms with Crippen LogP contribution in [0.5, 0.6) is 0 Å². The standard InChI is InChI=1S/C16H15BrClNO3S/c1-19(15-7-6-13(17)9-14(15)18)16(20)12-5-3-4-11(8-12)10-23(2,21)22/h3-9H,10H2,1-2H3. The molecule has 0 aromatic heterocycles. The third-order valence-corrected chi connectivity index (χ3v) is 4.83. The molecule has 2 aromatic rings. The van der Waals surface area contributed by atoms with Crippen molar-refractivity contribution in [1.82, 2.24) is 0 Å². The Morgan fingerprint density at radius 3 is 2.52 bits per heavy atom. The molecule has 0 heterocycles. The minimum atomic E-state index is -3.15. The first kappa shape index (κ1) is 18.0. The summed E-state index contributed by atoms with van der Waals surface area (Å²) in [5.74, 6) is -0.360. The molecule has 0 saturated heterocycles. The van der Waals surface area contributed by atoms with Crippen LogP contribution in [0.2, 0.25) is 5.02 Å². The fraction of sp³-hybridized carbons (Fsp3) is 0.188. The Kier molecular flexibility index (Phi) is 5.49. The average molecular weight is 417 g/mol. The Morgan fingerprint density at radius 1 is 1.22 bits per heavy atom. The molecule has 0 unspecified atom stereocenters. The second kappa shape index (κ2) is 7.03. The van der Waals surface area contributed by atoms with Crippen LogP contribution in [0.1, 0.15) is 15.9 Å². The topological polar surface area (TPSA) is 54.5 Å². The van der Waals surface area contributed by atoms with Gasteiger partial charge in [-0.3, -0.25) is 4.79 Å². The molecule has 0 N–H and O–H groups in total. The number of carbonyl (C=O) groups excluding carboxylic acids is 1. The lowest BCUT2D eigenvalue weighted by Crippen LogP contribution is -2.26. The normalized spacial score (nSPS) is 11.3. The molecule has 23 heavy (non-hydrogen) atoms. The minimum Gasteiger partial charge on any atom is -0.310 e. The molecule has 2 rings (SSSR count). The van der Waals surface area contributed by atoms with Crippen LogP contribution in [0, 0.1) is 0 Å². The number of carbonyl (C=O) groups is 1. The predicted molar refractivity (Wildman–Crippen MR) is 96.9 cm³/mol. The Morgan fingerprint density at radius 2 is 1.91 bits per heavy atom. The Bertz CT molecular complexity index is 852. The van der Waals surface area contributed by atoms with Gasteiger partial charge in [0, 0.05) is 23.3 Å². The molecule has 1 amide bonds. The van der Waals surface area contributed by atoms with E-state index < -0.39 is 9.84 Å². The van der Waals surface area contributed by atoms with Crippen LogP contribution in [0.15, 0.2) is 46.9 Å². The van der Waals surface area contributed by atoms with Gasteiger partial charge in [0.15, 0.2) is 9.84 Å². The number of rotatable bonds is 4. The number of hydrogen-bond donors (Lipinski definition) is 0. The molecular weight excluding hydrogens is 402 g/mol. The van der Waals surface area contributed by atoms with Crippen LogP contribution in [-0.2, 0) is 15.6 Å². The van der Waals surface area contributed by atoms with Crippen molar-refractivity contribution in [3.8, 4) is 0 Å². The van der Waals surface area contributed by atoms with E-state index in [4.69, 9.17) is 11.6 Å². The molecule has 0 spiro atoms. The third-order valence-electron chi connectivity index (χ3n) is 3.18. The highest BCUT2D eigenvalue weighted by Crippen LogP contribution is 2.29. The van der Waals surface area contributed by atoms with Crippen LogP contribution in [0.3, 0.4) is 0 Å². The minimum absolute atomic E-state index is 0.100. The molecule has 0 atom stereocenters. The van der Waals surface area contributed by atoms with Gasteiger partial charge in [-0.1, -0.05) is 39.7 Å². The molecule has 0 bridgehead atoms. The van der Waals surface area contributed by atoms with Crippen molar-refractivity contribution in [2.75, 3.05) is 18.2 Å². The molecule has 0 saturated carbocycles. The largest absolute Gasteiger partial charge is 0.310 e. The van der Waals surface area contributed by atoms with Gasteiger partial charge in [-0.15, -0.1) is 0 Å². The van der Waals surface area contributed by atoms with Gasteiger partial charge >= 0.3 is 0 Å². The first-order chi connectivity index (χ1) is 10.7. The summed E-state index contributed by atoms with van der Waals surface area (Å²) in [4.78, 5) is 14.0. The van der Waals surface area contributed by atoms with Crippen molar-refractivity contribution in [2.45, 2.75) is 5.75 Å². The van der Waals surface area contributed by atoms with Gasteiger partial charge in [-0.25, -0.2) is 8.42 Å². The summed E-state index contributed by atoms with van der Waals surface area (Å²) in [6, 6.07) is 11.8. The van der Waals surface area contributed by atoms with E-state index in [2.05, 4.69) is 15.9 Å². The number of benzene rings is 2. The molecule has 0 aliphatic heterocycles. The predicted octanol–water partition coefficient (Wildman–Crippen LogP) is 3.92. The molecule has 2 aromatic carbocycles. The Hall–Kier alpha value is -1.37. The third kappa shape index (κ3) is 4.80. The first-order valence-electron chi connectivity index (χ1n) is 6.67. The highest BCUT2D eigenvalue weighted by atomic mass is 79.9. The fourth-order valence-corrected chi connectivity index (χ4v) is 3.74. The maximum absolute atomic E-state index is 12.6. The van der Waals surface area contributed by atoms with Crippen LogP contribution < -0.4 is 4.90 Å². The second-order valence-corrected chi connectivity index (χ2v) is 8.69. The highest BCUT2D eigenvalue weighted by molar-refractivity contribution is 9.10. The van der Waals surface area contributed by atoms with Gasteiger partial charge in [0.2, 0.25) is 0 Å². The highest BCUT2D eigenvalue weighted by Gasteiger charge is 2.17. The van der Waals surface area contributed by atoms with Gasteiger partial charge < -0.3 is 4.90 Å². The van der Waals surface area contributed by atoms with Crippen molar-refractivity contribution >= 4 is 49.0 Å². The van der Waals surface area contributed by atoms with Crippen LogP contribution in [0.4, 0.5) is 5.69 Å². The van der Waals surface area contributed by atoms with Gasteiger partial charge in [-0.2, -0.15) is 0 Å². The fourth-order valence-electron chi connectivity index (χ4n) is 2.15. The number of halogens is 2. The van der Waals surface area contributed by atoms with Crippen molar-refractivity contribution in [3.63, 3.8) is 0 Å². The zero-order chi connectivity index (χ0) is 17.2.